The van der Waals surface area contributed by atoms with Crippen molar-refractivity contribution in [2.45, 2.75) is 20.0 Å². The number of aromatic nitrogens is 1. The Morgan fingerprint density at radius 2 is 1.84 bits per heavy atom. The number of nitrogens with zero attached hydrogens (tertiary/aromatic N) is 4. The van der Waals surface area contributed by atoms with Gasteiger partial charge in [0.2, 0.25) is 0 Å². The van der Waals surface area contributed by atoms with E-state index < -0.39 is 35.3 Å². The lowest BCUT2D eigenvalue weighted by Gasteiger charge is -2.28. The third-order valence-corrected chi connectivity index (χ3v) is 5.80. The molecule has 1 aliphatic heterocycles. The van der Waals surface area contributed by atoms with Gasteiger partial charge in [0.1, 0.15) is 17.3 Å². The van der Waals surface area contributed by atoms with E-state index in [2.05, 4.69) is 15.6 Å². The monoisotopic (exact) mass is 510 g/mol. The molecule has 8 nitrogen and oxygen atoms in total. The van der Waals surface area contributed by atoms with Crippen LogP contribution < -0.4 is 20.4 Å². The molecule has 2 heterocycles. The summed E-state index contributed by atoms with van der Waals surface area (Å²) in [5, 5.41) is 24.6. The number of aliphatic hydroxyl groups excluding tert-OH is 1. The maximum atomic E-state index is 15.5. The third kappa shape index (κ3) is 5.21. The first kappa shape index (κ1) is 25.9. The molecule has 1 aliphatic rings. The Bertz CT molecular complexity index is 1350. The lowest BCUT2D eigenvalue weighted by molar-refractivity contribution is 0.192. The maximum Gasteiger partial charge on any atom is 0.334 e. The fourth-order valence-corrected chi connectivity index (χ4v) is 4.16. The summed E-state index contributed by atoms with van der Waals surface area (Å²) in [4.78, 5) is 19.9. The molecule has 3 aromatic rings. The van der Waals surface area contributed by atoms with Crippen LogP contribution in [0.15, 0.2) is 42.6 Å². The topological polar surface area (TPSA) is 105 Å². The molecule has 4 rings (SSSR count). The molecule has 0 saturated carbocycles. The van der Waals surface area contributed by atoms with Gasteiger partial charge < -0.3 is 15.7 Å². The van der Waals surface area contributed by atoms with Crippen molar-refractivity contribution >= 4 is 28.9 Å². The van der Waals surface area contributed by atoms with Crippen molar-refractivity contribution in [1.82, 2.24) is 10.3 Å². The van der Waals surface area contributed by atoms with Gasteiger partial charge in [0.25, 0.3) is 0 Å². The SMILES string of the molecule is CCN1C(=O)N(c2c(F)cc(NCCNC[C@@H](C)O)cc2F)c2cc(C#N)ccc2-c2cc(F)cnc21. The minimum atomic E-state index is -1.01. The van der Waals surface area contributed by atoms with Crippen LogP contribution in [0.5, 0.6) is 0 Å². The normalized spacial score (nSPS) is 13.5. The summed E-state index contributed by atoms with van der Waals surface area (Å²) in [6.07, 6.45) is 0.441. The van der Waals surface area contributed by atoms with E-state index in [1.807, 2.05) is 6.07 Å². The van der Waals surface area contributed by atoms with Crippen molar-refractivity contribution in [3.63, 3.8) is 0 Å². The van der Waals surface area contributed by atoms with Crippen LogP contribution in [0, 0.1) is 28.8 Å². The highest BCUT2D eigenvalue weighted by molar-refractivity contribution is 6.14. The molecule has 0 aliphatic carbocycles. The van der Waals surface area contributed by atoms with Gasteiger partial charge in [-0.3, -0.25) is 9.80 Å². The molecule has 37 heavy (non-hydrogen) atoms. The number of benzene rings is 2. The molecular formula is C26H25F3N6O2. The number of hydrogen-bond donors (Lipinski definition) is 3. The van der Waals surface area contributed by atoms with Crippen molar-refractivity contribution in [1.29, 1.82) is 5.26 Å². The first-order valence-corrected chi connectivity index (χ1v) is 11.7. The number of hydrogen-bond acceptors (Lipinski definition) is 6. The summed E-state index contributed by atoms with van der Waals surface area (Å²) in [6, 6.07) is 8.80. The number of carbonyl (C=O) groups is 1. The van der Waals surface area contributed by atoms with Crippen molar-refractivity contribution < 1.29 is 23.1 Å². The predicted octanol–water partition coefficient (Wildman–Crippen LogP) is 4.52. The average Bonchev–Trinajstić information content (AvgIpc) is 2.95. The largest absolute Gasteiger partial charge is 0.392 e. The molecule has 0 fully saturated rings. The highest BCUT2D eigenvalue weighted by Crippen LogP contribution is 2.45. The minimum absolute atomic E-state index is 0.0227. The van der Waals surface area contributed by atoms with Crippen molar-refractivity contribution in [3.05, 3.63) is 65.6 Å². The van der Waals surface area contributed by atoms with Gasteiger partial charge in [0.15, 0.2) is 11.6 Å². The second kappa shape index (κ2) is 10.9. The number of halogens is 3. The van der Waals surface area contributed by atoms with Crippen LogP contribution in [0.4, 0.5) is 40.8 Å². The highest BCUT2D eigenvalue weighted by atomic mass is 19.1. The molecule has 3 N–H and O–H groups in total. The van der Waals surface area contributed by atoms with Gasteiger partial charge in [-0.2, -0.15) is 5.26 Å². The van der Waals surface area contributed by atoms with Crippen molar-refractivity contribution in [2.75, 3.05) is 41.3 Å². The zero-order valence-corrected chi connectivity index (χ0v) is 20.2. The van der Waals surface area contributed by atoms with Gasteiger partial charge in [-0.15, -0.1) is 0 Å². The average molecular weight is 511 g/mol. The Morgan fingerprint density at radius 3 is 2.49 bits per heavy atom. The number of urea groups is 1. The fourth-order valence-electron chi connectivity index (χ4n) is 4.16. The van der Waals surface area contributed by atoms with Crippen LogP contribution in [-0.4, -0.2) is 48.4 Å². The minimum Gasteiger partial charge on any atom is -0.392 e. The molecule has 2 amide bonds. The second-order valence-corrected chi connectivity index (χ2v) is 8.50. The number of nitriles is 1. The van der Waals surface area contributed by atoms with Crippen LogP contribution in [0.3, 0.4) is 0 Å². The lowest BCUT2D eigenvalue weighted by atomic mass is 10.0. The van der Waals surface area contributed by atoms with Gasteiger partial charge >= 0.3 is 6.03 Å². The molecule has 0 spiro atoms. The quantitative estimate of drug-likeness (QED) is 0.385. The van der Waals surface area contributed by atoms with Crippen LogP contribution in [0.1, 0.15) is 19.4 Å². The second-order valence-electron chi connectivity index (χ2n) is 8.50. The number of nitrogens with one attached hydrogen (secondary N) is 2. The first-order valence-electron chi connectivity index (χ1n) is 11.7. The molecule has 0 saturated heterocycles. The molecular weight excluding hydrogens is 485 g/mol. The molecule has 1 aromatic heterocycles. The Kier molecular flexibility index (Phi) is 7.61. The molecule has 0 radical (unpaired) electrons. The highest BCUT2D eigenvalue weighted by Gasteiger charge is 2.36. The van der Waals surface area contributed by atoms with Crippen LogP contribution >= 0.6 is 0 Å². The summed E-state index contributed by atoms with van der Waals surface area (Å²) < 4.78 is 45.2. The van der Waals surface area contributed by atoms with Crippen LogP contribution in [-0.2, 0) is 0 Å². The van der Waals surface area contributed by atoms with Crippen LogP contribution in [0.2, 0.25) is 0 Å². The van der Waals surface area contributed by atoms with E-state index in [1.165, 1.54) is 29.2 Å². The smallest absolute Gasteiger partial charge is 0.334 e. The van der Waals surface area contributed by atoms with E-state index in [9.17, 15) is 19.6 Å². The Morgan fingerprint density at radius 1 is 1.11 bits per heavy atom. The van der Waals surface area contributed by atoms with E-state index in [1.54, 1.807) is 13.8 Å². The standard InChI is InChI=1S/C26H25F3N6O2/c1-3-34-25-20(9-17(27)14-33-25)19-5-4-16(12-30)8-23(19)35(26(34)37)24-21(28)10-18(11-22(24)29)32-7-6-31-13-15(2)36/h4-5,8-11,14-15,31-32,36H,3,6-7,13H2,1-2H3/t15-/m1/s1. The van der Waals surface area contributed by atoms with E-state index in [-0.39, 0.29) is 40.4 Å². The van der Waals surface area contributed by atoms with E-state index in [0.717, 1.165) is 23.2 Å². The van der Waals surface area contributed by atoms with Gasteiger partial charge in [0, 0.05) is 43.0 Å². The summed E-state index contributed by atoms with van der Waals surface area (Å²) in [7, 11) is 0. The predicted molar refractivity (Wildman–Crippen MR) is 134 cm³/mol. The maximum absolute atomic E-state index is 15.5. The van der Waals surface area contributed by atoms with Crippen LogP contribution in [0.25, 0.3) is 11.1 Å². The van der Waals surface area contributed by atoms with Crippen molar-refractivity contribution in [3.8, 4) is 17.2 Å². The van der Waals surface area contributed by atoms with Gasteiger partial charge in [-0.1, -0.05) is 6.07 Å². The number of pyridine rings is 1. The number of aliphatic hydroxyl groups is 1. The summed E-state index contributed by atoms with van der Waals surface area (Å²) in [5.41, 5.74) is 0.234. The van der Waals surface area contributed by atoms with Gasteiger partial charge in [-0.05, 0) is 44.2 Å². The van der Waals surface area contributed by atoms with Gasteiger partial charge in [-0.25, -0.2) is 22.9 Å². The first-order chi connectivity index (χ1) is 17.7. The summed E-state index contributed by atoms with van der Waals surface area (Å²) >= 11 is 0. The zero-order chi connectivity index (χ0) is 26.7. The Balaban J connectivity index is 1.80. The third-order valence-electron chi connectivity index (χ3n) is 5.80. The molecule has 11 heteroatoms. The molecule has 0 unspecified atom stereocenters. The fraction of sp³-hybridized carbons (Fsp3) is 0.269. The number of amides is 2. The van der Waals surface area contributed by atoms with E-state index >= 15 is 8.78 Å². The zero-order valence-electron chi connectivity index (χ0n) is 20.2. The number of fused-ring (bicyclic) bond motifs is 3. The molecule has 2 aromatic carbocycles. The lowest BCUT2D eigenvalue weighted by Crippen LogP contribution is -2.41. The molecule has 192 valence electrons. The Labute approximate surface area is 212 Å². The number of anilines is 4. The molecule has 0 bridgehead atoms. The van der Waals surface area contributed by atoms with E-state index in [4.69, 9.17) is 0 Å². The van der Waals surface area contributed by atoms with E-state index in [0.29, 0.717) is 19.6 Å². The number of carbonyl (C=O) groups excluding carboxylic acids is 1. The number of rotatable bonds is 8. The summed E-state index contributed by atoms with van der Waals surface area (Å²) in [5.74, 6) is -2.54. The summed E-state index contributed by atoms with van der Waals surface area (Å²) in [6.45, 7) is 4.53. The van der Waals surface area contributed by atoms with Gasteiger partial charge in [0.05, 0.1) is 29.6 Å². The molecule has 1 atom stereocenters. The van der Waals surface area contributed by atoms with Crippen molar-refractivity contribution in [2.24, 2.45) is 0 Å². The Hall–Kier alpha value is -4.14.